The van der Waals surface area contributed by atoms with Crippen molar-refractivity contribution in [2.24, 2.45) is 0 Å². The van der Waals surface area contributed by atoms with E-state index in [1.807, 2.05) is 62.4 Å². The number of benzene rings is 2. The van der Waals surface area contributed by atoms with Crippen molar-refractivity contribution in [3.05, 3.63) is 54.1 Å². The molecule has 1 aliphatic rings. The number of ether oxygens (including phenoxy) is 1. The number of hydrogen-bond acceptors (Lipinski definition) is 3. The Morgan fingerprint density at radius 2 is 1.91 bits per heavy atom. The van der Waals surface area contributed by atoms with E-state index >= 15 is 0 Å². The van der Waals surface area contributed by atoms with E-state index in [0.717, 1.165) is 23.5 Å². The van der Waals surface area contributed by atoms with Gasteiger partial charge in [0, 0.05) is 17.8 Å². The second kappa shape index (κ2) is 6.10. The summed E-state index contributed by atoms with van der Waals surface area (Å²) in [4.78, 5) is 12.3. The van der Waals surface area contributed by atoms with Crippen molar-refractivity contribution in [2.75, 3.05) is 10.6 Å². The number of carbonyl (C=O) groups excluding carboxylic acids is 1. The molecule has 0 fully saturated rings. The Hall–Kier alpha value is -2.49. The van der Waals surface area contributed by atoms with Crippen LogP contribution in [-0.2, 0) is 11.2 Å². The van der Waals surface area contributed by atoms with E-state index in [0.29, 0.717) is 0 Å². The third-order valence-electron chi connectivity index (χ3n) is 3.58. The lowest BCUT2D eigenvalue weighted by Gasteiger charge is -2.13. The zero-order chi connectivity index (χ0) is 15.5. The number of amides is 1. The minimum absolute atomic E-state index is 0.0197. The fraction of sp³-hybridized carbons (Fsp3) is 0.278. The van der Waals surface area contributed by atoms with Gasteiger partial charge in [0.1, 0.15) is 11.8 Å². The lowest BCUT2D eigenvalue weighted by atomic mass is 10.1. The molecule has 1 amide bonds. The summed E-state index contributed by atoms with van der Waals surface area (Å²) in [6, 6.07) is 15.3. The molecule has 4 heteroatoms. The molecule has 2 N–H and O–H groups in total. The summed E-state index contributed by atoms with van der Waals surface area (Å²) >= 11 is 0. The Morgan fingerprint density at radius 1 is 1.18 bits per heavy atom. The first-order chi connectivity index (χ1) is 10.6. The maximum Gasteiger partial charge on any atom is 0.247 e. The highest BCUT2D eigenvalue weighted by Gasteiger charge is 2.26. The lowest BCUT2D eigenvalue weighted by molar-refractivity contribution is -0.116. The first-order valence-corrected chi connectivity index (χ1v) is 7.54. The fourth-order valence-electron chi connectivity index (χ4n) is 2.57. The number of fused-ring (bicyclic) bond motifs is 1. The molecular formula is C18H20N2O2. The van der Waals surface area contributed by atoms with Gasteiger partial charge in [-0.2, -0.15) is 0 Å². The predicted molar refractivity (Wildman–Crippen MR) is 88.4 cm³/mol. The van der Waals surface area contributed by atoms with E-state index in [2.05, 4.69) is 10.6 Å². The van der Waals surface area contributed by atoms with Crippen LogP contribution in [0.5, 0.6) is 5.75 Å². The first-order valence-electron chi connectivity index (χ1n) is 7.54. The molecule has 2 aromatic rings. The van der Waals surface area contributed by atoms with Gasteiger partial charge in [-0.25, -0.2) is 0 Å². The smallest absolute Gasteiger partial charge is 0.247 e. The largest absolute Gasteiger partial charge is 0.491 e. The highest BCUT2D eigenvalue weighted by atomic mass is 16.5. The summed E-state index contributed by atoms with van der Waals surface area (Å²) in [5.41, 5.74) is 3.01. The normalized spacial score (nSPS) is 16.0. The third kappa shape index (κ3) is 3.22. The summed E-state index contributed by atoms with van der Waals surface area (Å²) in [5.74, 6) is 0.785. The van der Waals surface area contributed by atoms with E-state index in [9.17, 15) is 4.79 Å². The van der Waals surface area contributed by atoms with Gasteiger partial charge in [-0.3, -0.25) is 4.79 Å². The molecule has 1 heterocycles. The van der Waals surface area contributed by atoms with Gasteiger partial charge in [0.25, 0.3) is 0 Å². The van der Waals surface area contributed by atoms with Gasteiger partial charge in [-0.05, 0) is 49.7 Å². The zero-order valence-corrected chi connectivity index (χ0v) is 12.8. The number of anilines is 2. The van der Waals surface area contributed by atoms with Crippen molar-refractivity contribution in [1.82, 2.24) is 0 Å². The van der Waals surface area contributed by atoms with Gasteiger partial charge in [0.15, 0.2) is 0 Å². The minimum Gasteiger partial charge on any atom is -0.491 e. The Balaban J connectivity index is 1.61. The van der Waals surface area contributed by atoms with E-state index in [-0.39, 0.29) is 18.1 Å². The van der Waals surface area contributed by atoms with E-state index < -0.39 is 0 Å². The molecule has 1 unspecified atom stereocenters. The van der Waals surface area contributed by atoms with Crippen LogP contribution in [0, 0.1) is 0 Å². The predicted octanol–water partition coefficient (Wildman–Crippen LogP) is 3.45. The van der Waals surface area contributed by atoms with Crippen molar-refractivity contribution in [3.8, 4) is 5.75 Å². The Kier molecular flexibility index (Phi) is 4.00. The molecule has 22 heavy (non-hydrogen) atoms. The van der Waals surface area contributed by atoms with Crippen molar-refractivity contribution in [2.45, 2.75) is 32.4 Å². The lowest BCUT2D eigenvalue weighted by Crippen LogP contribution is -2.32. The number of rotatable bonds is 4. The Morgan fingerprint density at radius 3 is 2.59 bits per heavy atom. The second-order valence-corrected chi connectivity index (χ2v) is 5.74. The van der Waals surface area contributed by atoms with Crippen molar-refractivity contribution in [3.63, 3.8) is 0 Å². The maximum absolute atomic E-state index is 12.3. The van der Waals surface area contributed by atoms with E-state index in [1.165, 1.54) is 5.56 Å². The highest BCUT2D eigenvalue weighted by Crippen LogP contribution is 2.26. The summed E-state index contributed by atoms with van der Waals surface area (Å²) in [5, 5.41) is 6.20. The van der Waals surface area contributed by atoms with Gasteiger partial charge in [-0.1, -0.05) is 18.2 Å². The SMILES string of the molecule is CC(C)Oc1ccc(NC(=O)C2Cc3ccccc3N2)cc1. The molecule has 0 spiro atoms. The molecule has 1 aliphatic heterocycles. The molecule has 0 saturated heterocycles. The summed E-state index contributed by atoms with van der Waals surface area (Å²) < 4.78 is 5.59. The minimum atomic E-state index is -0.219. The summed E-state index contributed by atoms with van der Waals surface area (Å²) in [6.07, 6.45) is 0.859. The van der Waals surface area contributed by atoms with Crippen molar-refractivity contribution in [1.29, 1.82) is 0 Å². The summed E-state index contributed by atoms with van der Waals surface area (Å²) in [7, 11) is 0. The van der Waals surface area contributed by atoms with Crippen LogP contribution in [0.3, 0.4) is 0 Å². The average Bonchev–Trinajstić information content (AvgIpc) is 2.93. The molecule has 0 aromatic heterocycles. The quantitative estimate of drug-likeness (QED) is 0.908. The standard InChI is InChI=1S/C18H20N2O2/c1-12(2)22-15-9-7-14(8-10-15)19-18(21)17-11-13-5-3-4-6-16(13)20-17/h3-10,12,17,20H,11H2,1-2H3,(H,19,21). The second-order valence-electron chi connectivity index (χ2n) is 5.74. The molecule has 114 valence electrons. The van der Waals surface area contributed by atoms with Crippen LogP contribution in [0.1, 0.15) is 19.4 Å². The molecule has 0 bridgehead atoms. The van der Waals surface area contributed by atoms with Gasteiger partial charge < -0.3 is 15.4 Å². The molecule has 1 atom stereocenters. The molecule has 4 nitrogen and oxygen atoms in total. The topological polar surface area (TPSA) is 50.4 Å². The molecule has 3 rings (SSSR count). The van der Waals surface area contributed by atoms with Crippen molar-refractivity contribution < 1.29 is 9.53 Å². The molecule has 0 saturated carbocycles. The van der Waals surface area contributed by atoms with Gasteiger partial charge in [0.2, 0.25) is 5.91 Å². The number of carbonyl (C=O) groups is 1. The zero-order valence-electron chi connectivity index (χ0n) is 12.8. The van der Waals surface area contributed by atoms with E-state index in [1.54, 1.807) is 0 Å². The average molecular weight is 296 g/mol. The highest BCUT2D eigenvalue weighted by molar-refractivity contribution is 5.98. The van der Waals surface area contributed by atoms with Crippen LogP contribution in [0.2, 0.25) is 0 Å². The van der Waals surface area contributed by atoms with Gasteiger partial charge in [-0.15, -0.1) is 0 Å². The third-order valence-corrected chi connectivity index (χ3v) is 3.58. The van der Waals surface area contributed by atoms with Crippen LogP contribution >= 0.6 is 0 Å². The maximum atomic E-state index is 12.3. The summed E-state index contributed by atoms with van der Waals surface area (Å²) in [6.45, 7) is 3.97. The first kappa shape index (κ1) is 14.4. The van der Waals surface area contributed by atoms with Crippen LogP contribution in [-0.4, -0.2) is 18.1 Å². The monoisotopic (exact) mass is 296 g/mol. The van der Waals surface area contributed by atoms with Crippen LogP contribution in [0.25, 0.3) is 0 Å². The number of hydrogen-bond donors (Lipinski definition) is 2. The van der Waals surface area contributed by atoms with Gasteiger partial charge >= 0.3 is 0 Å². The molecule has 2 aromatic carbocycles. The van der Waals surface area contributed by atoms with E-state index in [4.69, 9.17) is 4.74 Å². The Labute approximate surface area is 130 Å². The van der Waals surface area contributed by atoms with Crippen molar-refractivity contribution >= 4 is 17.3 Å². The fourth-order valence-corrected chi connectivity index (χ4v) is 2.57. The molecule has 0 radical (unpaired) electrons. The Bertz CT molecular complexity index is 640. The van der Waals surface area contributed by atoms with Crippen LogP contribution < -0.4 is 15.4 Å². The van der Waals surface area contributed by atoms with Crippen LogP contribution in [0.15, 0.2) is 48.5 Å². The number of para-hydroxylation sites is 1. The van der Waals surface area contributed by atoms with Gasteiger partial charge in [0.05, 0.1) is 6.10 Å². The molecule has 0 aliphatic carbocycles. The molecular weight excluding hydrogens is 276 g/mol. The number of nitrogens with one attached hydrogen (secondary N) is 2. The van der Waals surface area contributed by atoms with Crippen LogP contribution in [0.4, 0.5) is 11.4 Å².